The number of nitrogens with zero attached hydrogens (tertiary/aromatic N) is 3. The highest BCUT2D eigenvalue weighted by Gasteiger charge is 2.10. The first-order valence-electron chi connectivity index (χ1n) is 6.14. The zero-order valence-corrected chi connectivity index (χ0v) is 11.7. The van der Waals surface area contributed by atoms with Gasteiger partial charge in [0, 0.05) is 25.8 Å². The molecule has 0 aliphatic rings. The van der Waals surface area contributed by atoms with Crippen molar-refractivity contribution in [3.63, 3.8) is 0 Å². The fraction of sp³-hybridized carbons (Fsp3) is 0.286. The molecular weight excluding hydrogens is 238 g/mol. The maximum absolute atomic E-state index is 5.72. The fourth-order valence-corrected chi connectivity index (χ4v) is 2.06. The van der Waals surface area contributed by atoms with Crippen molar-refractivity contribution < 1.29 is 0 Å². The van der Waals surface area contributed by atoms with Gasteiger partial charge in [-0.15, -0.1) is 0 Å². The number of nitrogen functional groups attached to an aromatic ring is 1. The first-order chi connectivity index (χ1) is 9.01. The molecule has 0 aliphatic carbocycles. The van der Waals surface area contributed by atoms with Crippen LogP contribution in [0.25, 0.3) is 0 Å². The summed E-state index contributed by atoms with van der Waals surface area (Å²) in [6.07, 6.45) is 0. The molecule has 0 atom stereocenters. The van der Waals surface area contributed by atoms with Gasteiger partial charge in [0.15, 0.2) is 0 Å². The molecule has 5 heteroatoms. The molecule has 0 fully saturated rings. The zero-order chi connectivity index (χ0) is 14.0. The number of rotatable bonds is 3. The average molecular weight is 257 g/mol. The van der Waals surface area contributed by atoms with Crippen molar-refractivity contribution in [2.75, 3.05) is 30.0 Å². The molecule has 1 aromatic carbocycles. The molecule has 5 nitrogen and oxygen atoms in total. The summed E-state index contributed by atoms with van der Waals surface area (Å²) in [6.45, 7) is 4.17. The molecule has 3 N–H and O–H groups in total. The number of anilines is 4. The van der Waals surface area contributed by atoms with Crippen molar-refractivity contribution in [1.29, 1.82) is 0 Å². The molecule has 0 saturated heterocycles. The smallest absolute Gasteiger partial charge is 0.223 e. The summed E-state index contributed by atoms with van der Waals surface area (Å²) >= 11 is 0. The highest BCUT2D eigenvalue weighted by molar-refractivity contribution is 5.66. The number of nitrogens with one attached hydrogen (secondary N) is 1. The lowest BCUT2D eigenvalue weighted by molar-refractivity contribution is 1.08. The number of benzene rings is 1. The average Bonchev–Trinajstić information content (AvgIpc) is 2.37. The van der Waals surface area contributed by atoms with Crippen LogP contribution in [0, 0.1) is 13.8 Å². The molecule has 2 rings (SSSR count). The van der Waals surface area contributed by atoms with Gasteiger partial charge in [0.2, 0.25) is 5.95 Å². The lowest BCUT2D eigenvalue weighted by atomic mass is 10.1. The van der Waals surface area contributed by atoms with Crippen LogP contribution in [-0.4, -0.2) is 24.1 Å². The Morgan fingerprint density at radius 3 is 2.53 bits per heavy atom. The number of hydrogen-bond acceptors (Lipinski definition) is 5. The van der Waals surface area contributed by atoms with Gasteiger partial charge in [0.05, 0.1) is 0 Å². The van der Waals surface area contributed by atoms with Gasteiger partial charge in [-0.2, -0.15) is 9.97 Å². The summed E-state index contributed by atoms with van der Waals surface area (Å²) in [6, 6.07) is 8.19. The Bertz CT molecular complexity index is 594. The third kappa shape index (κ3) is 2.76. The van der Waals surface area contributed by atoms with Gasteiger partial charge in [0.1, 0.15) is 11.6 Å². The van der Waals surface area contributed by atoms with Crippen molar-refractivity contribution >= 4 is 23.3 Å². The predicted molar refractivity (Wildman–Crippen MR) is 80.0 cm³/mol. The van der Waals surface area contributed by atoms with E-state index in [2.05, 4.69) is 47.3 Å². The third-order valence-electron chi connectivity index (χ3n) is 3.04. The highest BCUT2D eigenvalue weighted by Crippen LogP contribution is 2.27. The molecule has 100 valence electrons. The third-order valence-corrected chi connectivity index (χ3v) is 3.04. The highest BCUT2D eigenvalue weighted by atomic mass is 15.2. The van der Waals surface area contributed by atoms with Crippen LogP contribution in [-0.2, 0) is 0 Å². The molecule has 0 spiro atoms. The molecule has 0 radical (unpaired) electrons. The first kappa shape index (κ1) is 13.1. The van der Waals surface area contributed by atoms with Crippen molar-refractivity contribution in [3.05, 3.63) is 35.4 Å². The molecule has 1 aromatic heterocycles. The second kappa shape index (κ2) is 5.14. The first-order valence-corrected chi connectivity index (χ1v) is 6.14. The molecule has 19 heavy (non-hydrogen) atoms. The maximum atomic E-state index is 5.72. The molecule has 2 aromatic rings. The monoisotopic (exact) mass is 257 g/mol. The molecular formula is C14H19N5. The number of hydrogen-bond donors (Lipinski definition) is 2. The van der Waals surface area contributed by atoms with Crippen LogP contribution in [0.2, 0.25) is 0 Å². The number of nitrogens with two attached hydrogens (primary N) is 1. The van der Waals surface area contributed by atoms with Gasteiger partial charge in [-0.1, -0.05) is 17.7 Å². The summed E-state index contributed by atoms with van der Waals surface area (Å²) in [5, 5.41) is 2.98. The normalized spacial score (nSPS) is 10.3. The maximum Gasteiger partial charge on any atom is 0.223 e. The molecule has 0 amide bonds. The van der Waals surface area contributed by atoms with E-state index in [4.69, 9.17) is 5.73 Å². The summed E-state index contributed by atoms with van der Waals surface area (Å²) in [5.74, 6) is 1.74. The van der Waals surface area contributed by atoms with E-state index >= 15 is 0 Å². The number of aryl methyl sites for hydroxylation is 2. The van der Waals surface area contributed by atoms with Gasteiger partial charge in [-0.05, 0) is 25.5 Å². The van der Waals surface area contributed by atoms with Crippen molar-refractivity contribution in [2.24, 2.45) is 0 Å². The van der Waals surface area contributed by atoms with Crippen LogP contribution in [0.3, 0.4) is 0 Å². The van der Waals surface area contributed by atoms with E-state index in [-0.39, 0.29) is 5.95 Å². The van der Waals surface area contributed by atoms with Crippen LogP contribution in [0.15, 0.2) is 24.3 Å². The minimum absolute atomic E-state index is 0.262. The van der Waals surface area contributed by atoms with Gasteiger partial charge < -0.3 is 16.0 Å². The summed E-state index contributed by atoms with van der Waals surface area (Å²) in [7, 11) is 3.78. The second-order valence-electron chi connectivity index (χ2n) is 4.57. The Labute approximate surface area is 113 Å². The van der Waals surface area contributed by atoms with Crippen molar-refractivity contribution in [2.45, 2.75) is 13.8 Å². The van der Waals surface area contributed by atoms with Crippen molar-refractivity contribution in [1.82, 2.24) is 9.97 Å². The summed E-state index contributed by atoms with van der Waals surface area (Å²) in [4.78, 5) is 10.4. The Balaban J connectivity index is 2.43. The summed E-state index contributed by atoms with van der Waals surface area (Å²) in [5.41, 5.74) is 9.27. The van der Waals surface area contributed by atoms with E-state index in [0.717, 1.165) is 11.5 Å². The van der Waals surface area contributed by atoms with Crippen LogP contribution in [0.4, 0.5) is 23.3 Å². The van der Waals surface area contributed by atoms with Crippen LogP contribution in [0.1, 0.15) is 11.1 Å². The lowest BCUT2D eigenvalue weighted by Crippen LogP contribution is -2.14. The molecule has 0 bridgehead atoms. The van der Waals surface area contributed by atoms with Crippen molar-refractivity contribution in [3.8, 4) is 0 Å². The molecule has 0 saturated carbocycles. The minimum Gasteiger partial charge on any atom is -0.373 e. The predicted octanol–water partition coefficient (Wildman–Crippen LogP) is 2.49. The fourth-order valence-electron chi connectivity index (χ4n) is 2.06. The Hall–Kier alpha value is -2.30. The topological polar surface area (TPSA) is 67.1 Å². The second-order valence-corrected chi connectivity index (χ2v) is 4.57. The summed E-state index contributed by atoms with van der Waals surface area (Å²) < 4.78 is 0. The van der Waals surface area contributed by atoms with Crippen LogP contribution < -0.4 is 16.0 Å². The van der Waals surface area contributed by atoms with E-state index in [0.29, 0.717) is 5.82 Å². The molecule has 0 unspecified atom stereocenters. The van der Waals surface area contributed by atoms with Gasteiger partial charge in [0.25, 0.3) is 0 Å². The quantitative estimate of drug-likeness (QED) is 0.884. The van der Waals surface area contributed by atoms with Gasteiger partial charge in [-0.3, -0.25) is 0 Å². The van der Waals surface area contributed by atoms with Gasteiger partial charge in [-0.25, -0.2) is 0 Å². The standard InChI is InChI=1S/C14H19N5/c1-9-5-6-11(10(2)7-9)19(4)13-8-12(16-3)17-14(15)18-13/h5-8H,1-4H3,(H3,15,16,17,18). The zero-order valence-electron chi connectivity index (χ0n) is 11.7. The van der Waals surface area contributed by atoms with E-state index in [9.17, 15) is 0 Å². The van der Waals surface area contributed by atoms with Gasteiger partial charge >= 0.3 is 0 Å². The van der Waals surface area contributed by atoms with E-state index in [1.54, 1.807) is 0 Å². The Kier molecular flexibility index (Phi) is 3.55. The largest absolute Gasteiger partial charge is 0.373 e. The SMILES string of the molecule is CNc1cc(N(C)c2ccc(C)cc2C)nc(N)n1. The molecule has 1 heterocycles. The Morgan fingerprint density at radius 2 is 1.89 bits per heavy atom. The lowest BCUT2D eigenvalue weighted by Gasteiger charge is -2.21. The van der Waals surface area contributed by atoms with Crippen LogP contribution in [0.5, 0.6) is 0 Å². The minimum atomic E-state index is 0.262. The molecule has 0 aliphatic heterocycles. The number of aromatic nitrogens is 2. The van der Waals surface area contributed by atoms with E-state index in [1.165, 1.54) is 11.1 Å². The van der Waals surface area contributed by atoms with E-state index < -0.39 is 0 Å². The van der Waals surface area contributed by atoms with Crippen LogP contribution >= 0.6 is 0 Å². The Morgan fingerprint density at radius 1 is 1.16 bits per heavy atom. The van der Waals surface area contributed by atoms with E-state index in [1.807, 2.05) is 25.1 Å².